The molecule has 16 heavy (non-hydrogen) atoms. The summed E-state index contributed by atoms with van der Waals surface area (Å²) < 4.78 is 61.3. The summed E-state index contributed by atoms with van der Waals surface area (Å²) in [6, 6.07) is 7.39. The molecule has 90 valence electrons. The predicted octanol–water partition coefficient (Wildman–Crippen LogP) is 2.49. The van der Waals surface area contributed by atoms with Crippen LogP contribution in [0.1, 0.15) is 18.1 Å². The van der Waals surface area contributed by atoms with E-state index >= 15 is 0 Å². The molecule has 0 amide bonds. The Kier molecular flexibility index (Phi) is 4.45. The third kappa shape index (κ3) is 4.73. The van der Waals surface area contributed by atoms with Gasteiger partial charge in [-0.05, 0) is 5.56 Å². The lowest BCUT2D eigenvalue weighted by Gasteiger charge is -2.20. The smallest absolute Gasteiger partial charge is 0.391 e. The van der Waals surface area contributed by atoms with Crippen LogP contribution >= 0.6 is 0 Å². The number of rotatable bonds is 4. The number of halogens is 3. The van der Waals surface area contributed by atoms with Gasteiger partial charge in [-0.2, -0.15) is 13.2 Å². The minimum absolute atomic E-state index is 0.170. The Bertz CT molecular complexity index is 353. The summed E-state index contributed by atoms with van der Waals surface area (Å²) in [5.41, 5.74) is 0.170. The SMILES string of the molecule is O=S([O-])OC(CC(F)(F)F)c1ccccc1. The monoisotopic (exact) mass is 253 g/mol. The van der Waals surface area contributed by atoms with Crippen LogP contribution in [-0.2, 0) is 15.5 Å². The van der Waals surface area contributed by atoms with Crippen LogP contribution in [0.3, 0.4) is 0 Å². The van der Waals surface area contributed by atoms with Gasteiger partial charge in [-0.15, -0.1) is 0 Å². The van der Waals surface area contributed by atoms with Crippen molar-refractivity contribution in [1.29, 1.82) is 0 Å². The number of hydrogen-bond acceptors (Lipinski definition) is 3. The molecule has 2 unspecified atom stereocenters. The maximum absolute atomic E-state index is 12.2. The summed E-state index contributed by atoms with van der Waals surface area (Å²) in [7, 11) is 0. The Morgan fingerprint density at radius 3 is 2.31 bits per heavy atom. The van der Waals surface area contributed by atoms with Gasteiger partial charge >= 0.3 is 6.18 Å². The van der Waals surface area contributed by atoms with E-state index in [0.29, 0.717) is 0 Å². The molecule has 0 bridgehead atoms. The van der Waals surface area contributed by atoms with E-state index in [0.717, 1.165) is 0 Å². The average Bonchev–Trinajstić information content (AvgIpc) is 2.15. The molecule has 0 saturated heterocycles. The summed E-state index contributed by atoms with van der Waals surface area (Å²) in [6.45, 7) is 0. The molecular formula is C9H8F3O3S-. The molecule has 7 heteroatoms. The first-order valence-electron chi connectivity index (χ1n) is 4.26. The van der Waals surface area contributed by atoms with Crippen molar-refractivity contribution in [3.05, 3.63) is 35.9 Å². The van der Waals surface area contributed by atoms with Gasteiger partial charge in [0.25, 0.3) is 0 Å². The van der Waals surface area contributed by atoms with Gasteiger partial charge in [0.15, 0.2) is 0 Å². The predicted molar refractivity (Wildman–Crippen MR) is 49.9 cm³/mol. The lowest BCUT2D eigenvalue weighted by Crippen LogP contribution is -2.17. The number of benzene rings is 1. The van der Waals surface area contributed by atoms with Crippen molar-refractivity contribution >= 4 is 11.4 Å². The Morgan fingerprint density at radius 1 is 1.31 bits per heavy atom. The molecule has 0 saturated carbocycles. The van der Waals surface area contributed by atoms with Crippen LogP contribution in [0, 0.1) is 0 Å². The maximum atomic E-state index is 12.2. The van der Waals surface area contributed by atoms with Crippen LogP contribution in [0.25, 0.3) is 0 Å². The fraction of sp³-hybridized carbons (Fsp3) is 0.333. The standard InChI is InChI=1S/C9H9F3O3S/c10-9(11,12)6-8(15-16(13)14)7-4-2-1-3-5-7/h1-5,8H,6H2,(H,13,14)/p-1. The quantitative estimate of drug-likeness (QED) is 0.774. The zero-order chi connectivity index (χ0) is 12.2. The second-order valence-electron chi connectivity index (χ2n) is 3.02. The average molecular weight is 253 g/mol. The Labute approximate surface area is 92.7 Å². The molecule has 0 aliphatic heterocycles. The maximum Gasteiger partial charge on any atom is 0.391 e. The number of hydrogen-bond donors (Lipinski definition) is 0. The van der Waals surface area contributed by atoms with E-state index in [1.807, 2.05) is 0 Å². The minimum Gasteiger partial charge on any atom is -0.750 e. The van der Waals surface area contributed by atoms with Crippen molar-refractivity contribution < 1.29 is 26.1 Å². The molecule has 0 spiro atoms. The highest BCUT2D eigenvalue weighted by Gasteiger charge is 2.33. The first-order valence-corrected chi connectivity index (χ1v) is 5.26. The zero-order valence-electron chi connectivity index (χ0n) is 7.94. The first kappa shape index (κ1) is 13.1. The molecule has 1 aromatic carbocycles. The fourth-order valence-corrected chi connectivity index (χ4v) is 1.55. The molecule has 0 heterocycles. The lowest BCUT2D eigenvalue weighted by atomic mass is 10.1. The summed E-state index contributed by atoms with van der Waals surface area (Å²) in [4.78, 5) is 0. The van der Waals surface area contributed by atoms with Gasteiger partial charge in [0.05, 0.1) is 17.8 Å². The zero-order valence-corrected chi connectivity index (χ0v) is 8.75. The highest BCUT2D eigenvalue weighted by molar-refractivity contribution is 7.74. The van der Waals surface area contributed by atoms with Gasteiger partial charge in [0.1, 0.15) is 6.10 Å². The van der Waals surface area contributed by atoms with E-state index in [9.17, 15) is 21.9 Å². The normalized spacial score (nSPS) is 15.8. The minimum atomic E-state index is -4.49. The molecule has 1 rings (SSSR count). The van der Waals surface area contributed by atoms with Crippen LogP contribution in [0.2, 0.25) is 0 Å². The summed E-state index contributed by atoms with van der Waals surface area (Å²) >= 11 is -2.98. The van der Waals surface area contributed by atoms with Crippen LogP contribution in [0.15, 0.2) is 30.3 Å². The molecule has 0 fully saturated rings. The lowest BCUT2D eigenvalue weighted by molar-refractivity contribution is -0.151. The Hall–Kier alpha value is -0.920. The Morgan fingerprint density at radius 2 is 1.88 bits per heavy atom. The molecule has 1 aromatic rings. The van der Waals surface area contributed by atoms with E-state index in [1.54, 1.807) is 6.07 Å². The molecule has 3 nitrogen and oxygen atoms in total. The first-order chi connectivity index (χ1) is 7.38. The molecular weight excluding hydrogens is 245 g/mol. The van der Waals surface area contributed by atoms with E-state index in [4.69, 9.17) is 0 Å². The fourth-order valence-electron chi connectivity index (χ4n) is 1.18. The third-order valence-electron chi connectivity index (χ3n) is 1.78. The van der Waals surface area contributed by atoms with Crippen molar-refractivity contribution in [2.75, 3.05) is 0 Å². The highest BCUT2D eigenvalue weighted by Crippen LogP contribution is 2.32. The van der Waals surface area contributed by atoms with Gasteiger partial charge in [-0.25, -0.2) is 4.21 Å². The van der Waals surface area contributed by atoms with Crippen molar-refractivity contribution in [3.63, 3.8) is 0 Å². The van der Waals surface area contributed by atoms with Crippen LogP contribution in [0.5, 0.6) is 0 Å². The molecule has 0 N–H and O–H groups in total. The van der Waals surface area contributed by atoms with Crippen molar-refractivity contribution in [3.8, 4) is 0 Å². The van der Waals surface area contributed by atoms with Gasteiger partial charge in [-0.3, -0.25) is 4.18 Å². The summed E-state index contributed by atoms with van der Waals surface area (Å²) in [6.07, 6.45) is -7.36. The number of alkyl halides is 3. The van der Waals surface area contributed by atoms with Crippen LogP contribution < -0.4 is 0 Å². The molecule has 0 aliphatic rings. The van der Waals surface area contributed by atoms with E-state index in [1.165, 1.54) is 24.3 Å². The van der Waals surface area contributed by atoms with Gasteiger partial charge in [0.2, 0.25) is 0 Å². The van der Waals surface area contributed by atoms with E-state index in [2.05, 4.69) is 4.18 Å². The van der Waals surface area contributed by atoms with Gasteiger partial charge in [-0.1, -0.05) is 30.3 Å². The largest absolute Gasteiger partial charge is 0.750 e. The van der Waals surface area contributed by atoms with E-state index in [-0.39, 0.29) is 5.56 Å². The van der Waals surface area contributed by atoms with Crippen molar-refractivity contribution in [2.24, 2.45) is 0 Å². The van der Waals surface area contributed by atoms with Gasteiger partial charge in [0, 0.05) is 0 Å². The highest BCUT2D eigenvalue weighted by atomic mass is 32.2. The molecule has 0 aliphatic carbocycles. The third-order valence-corrected chi connectivity index (χ3v) is 2.17. The second kappa shape index (κ2) is 5.42. The molecule has 0 radical (unpaired) electrons. The van der Waals surface area contributed by atoms with Gasteiger partial charge < -0.3 is 4.55 Å². The summed E-state index contributed by atoms with van der Waals surface area (Å²) in [5, 5.41) is 0. The second-order valence-corrected chi connectivity index (χ2v) is 3.62. The van der Waals surface area contributed by atoms with Crippen LogP contribution in [-0.4, -0.2) is 14.9 Å². The molecule has 2 atom stereocenters. The van der Waals surface area contributed by atoms with Crippen LogP contribution in [0.4, 0.5) is 13.2 Å². The van der Waals surface area contributed by atoms with E-state index < -0.39 is 30.1 Å². The summed E-state index contributed by atoms with van der Waals surface area (Å²) in [5.74, 6) is 0. The Balaban J connectivity index is 2.84. The van der Waals surface area contributed by atoms with Crippen molar-refractivity contribution in [2.45, 2.75) is 18.7 Å². The topological polar surface area (TPSA) is 49.4 Å². The van der Waals surface area contributed by atoms with Crippen molar-refractivity contribution in [1.82, 2.24) is 0 Å². The molecule has 0 aromatic heterocycles.